The quantitative estimate of drug-likeness (QED) is 0.379. The molecular formula is C14H18BrN3O. The lowest BCUT2D eigenvalue weighted by atomic mass is 10.1. The number of nitrogens with two attached hydrogens (primary N) is 1. The Balaban J connectivity index is 1.98. The standard InChI is InChI=1S/C14H18BrN3O/c15-11-2-1-3-12(13(11)14(16)17-19)18(10-6-7-10)8-9-4-5-9/h1-3,9-10,19H,4-8H2,(H2,16,17). The van der Waals surface area contributed by atoms with Gasteiger partial charge < -0.3 is 15.8 Å². The smallest absolute Gasteiger partial charge is 0.173 e. The van der Waals surface area contributed by atoms with Gasteiger partial charge in [-0.2, -0.15) is 0 Å². The Bertz CT molecular complexity index is 509. The van der Waals surface area contributed by atoms with Crippen molar-refractivity contribution in [3.63, 3.8) is 0 Å². The lowest BCUT2D eigenvalue weighted by molar-refractivity contribution is 0.318. The fourth-order valence-corrected chi connectivity index (χ4v) is 3.02. The van der Waals surface area contributed by atoms with Crippen molar-refractivity contribution in [2.75, 3.05) is 11.4 Å². The van der Waals surface area contributed by atoms with E-state index in [9.17, 15) is 0 Å². The van der Waals surface area contributed by atoms with Crippen molar-refractivity contribution < 1.29 is 5.21 Å². The average Bonchev–Trinajstić information content (AvgIpc) is 3.27. The summed E-state index contributed by atoms with van der Waals surface area (Å²) in [6, 6.07) is 6.63. The monoisotopic (exact) mass is 323 g/mol. The molecule has 0 saturated heterocycles. The SMILES string of the molecule is N/C(=N/O)c1c(Br)cccc1N(CC1CC1)C1CC1. The van der Waals surface area contributed by atoms with Gasteiger partial charge in [-0.3, -0.25) is 0 Å². The summed E-state index contributed by atoms with van der Waals surface area (Å²) in [7, 11) is 0. The Morgan fingerprint density at radius 3 is 2.68 bits per heavy atom. The van der Waals surface area contributed by atoms with E-state index in [1.165, 1.54) is 25.7 Å². The maximum atomic E-state index is 8.99. The summed E-state index contributed by atoms with van der Waals surface area (Å²) in [5, 5.41) is 12.2. The van der Waals surface area contributed by atoms with Gasteiger partial charge in [0.2, 0.25) is 0 Å². The number of amidine groups is 1. The van der Waals surface area contributed by atoms with Crippen LogP contribution in [0.3, 0.4) is 0 Å². The highest BCUT2D eigenvalue weighted by Gasteiger charge is 2.35. The number of rotatable bonds is 5. The lowest BCUT2D eigenvalue weighted by Gasteiger charge is -2.27. The molecule has 2 aliphatic rings. The van der Waals surface area contributed by atoms with Crippen molar-refractivity contribution in [2.24, 2.45) is 16.8 Å². The van der Waals surface area contributed by atoms with Crippen molar-refractivity contribution in [3.8, 4) is 0 Å². The first-order valence-electron chi connectivity index (χ1n) is 6.73. The molecule has 5 heteroatoms. The summed E-state index contributed by atoms with van der Waals surface area (Å²) in [6.45, 7) is 1.09. The van der Waals surface area contributed by atoms with Crippen molar-refractivity contribution in [1.82, 2.24) is 0 Å². The van der Waals surface area contributed by atoms with Gasteiger partial charge in [0.25, 0.3) is 0 Å². The highest BCUT2D eigenvalue weighted by atomic mass is 79.9. The van der Waals surface area contributed by atoms with Gasteiger partial charge in [-0.25, -0.2) is 0 Å². The average molecular weight is 324 g/mol. The molecule has 0 heterocycles. The Labute approximate surface area is 121 Å². The number of nitrogens with zero attached hydrogens (tertiary/aromatic N) is 2. The molecule has 0 spiro atoms. The molecule has 0 atom stereocenters. The highest BCUT2D eigenvalue weighted by molar-refractivity contribution is 9.10. The first-order valence-corrected chi connectivity index (χ1v) is 7.53. The van der Waals surface area contributed by atoms with Crippen LogP contribution in [0.2, 0.25) is 0 Å². The third-order valence-electron chi connectivity index (χ3n) is 3.80. The molecule has 0 aromatic heterocycles. The second kappa shape index (κ2) is 5.04. The van der Waals surface area contributed by atoms with Crippen LogP contribution in [0.25, 0.3) is 0 Å². The second-order valence-electron chi connectivity index (χ2n) is 5.45. The van der Waals surface area contributed by atoms with E-state index in [4.69, 9.17) is 10.9 Å². The molecule has 2 saturated carbocycles. The molecule has 0 radical (unpaired) electrons. The predicted octanol–water partition coefficient (Wildman–Crippen LogP) is 2.92. The molecule has 2 fully saturated rings. The first kappa shape index (κ1) is 12.8. The Morgan fingerprint density at radius 1 is 1.37 bits per heavy atom. The summed E-state index contributed by atoms with van der Waals surface area (Å²) in [5.41, 5.74) is 7.73. The molecule has 3 N–H and O–H groups in total. The van der Waals surface area contributed by atoms with Crippen LogP contribution in [0, 0.1) is 5.92 Å². The topological polar surface area (TPSA) is 61.9 Å². The molecule has 0 amide bonds. The Kier molecular flexibility index (Phi) is 3.39. The number of benzene rings is 1. The van der Waals surface area contributed by atoms with Crippen LogP contribution in [0.5, 0.6) is 0 Å². The van der Waals surface area contributed by atoms with Crippen LogP contribution in [-0.4, -0.2) is 23.6 Å². The van der Waals surface area contributed by atoms with Crippen LogP contribution >= 0.6 is 15.9 Å². The predicted molar refractivity (Wildman–Crippen MR) is 79.7 cm³/mol. The minimum atomic E-state index is 0.170. The summed E-state index contributed by atoms with van der Waals surface area (Å²) >= 11 is 3.51. The van der Waals surface area contributed by atoms with E-state index >= 15 is 0 Å². The van der Waals surface area contributed by atoms with Gasteiger partial charge >= 0.3 is 0 Å². The molecule has 3 rings (SSSR count). The van der Waals surface area contributed by atoms with E-state index in [0.717, 1.165) is 28.2 Å². The van der Waals surface area contributed by atoms with Gasteiger partial charge in [-0.05, 0) is 59.7 Å². The van der Waals surface area contributed by atoms with E-state index in [0.29, 0.717) is 6.04 Å². The highest BCUT2D eigenvalue weighted by Crippen LogP contribution is 2.40. The van der Waals surface area contributed by atoms with E-state index in [1.807, 2.05) is 12.1 Å². The zero-order valence-electron chi connectivity index (χ0n) is 10.7. The fourth-order valence-electron chi connectivity index (χ4n) is 2.46. The molecule has 0 aliphatic heterocycles. The van der Waals surface area contributed by atoms with Crippen LogP contribution in [0.4, 0.5) is 5.69 Å². The Hall–Kier alpha value is -1.23. The third-order valence-corrected chi connectivity index (χ3v) is 4.47. The van der Waals surface area contributed by atoms with Crippen molar-refractivity contribution in [1.29, 1.82) is 0 Å². The third kappa shape index (κ3) is 2.71. The summed E-state index contributed by atoms with van der Waals surface area (Å²) in [5.74, 6) is 0.989. The molecular weight excluding hydrogens is 306 g/mol. The van der Waals surface area contributed by atoms with Crippen LogP contribution in [0.15, 0.2) is 27.8 Å². The summed E-state index contributed by atoms with van der Waals surface area (Å²) in [4.78, 5) is 2.44. The second-order valence-corrected chi connectivity index (χ2v) is 6.30. The molecule has 0 bridgehead atoms. The normalized spacial score (nSPS) is 19.5. The Morgan fingerprint density at radius 2 is 2.11 bits per heavy atom. The molecule has 1 aromatic rings. The molecule has 19 heavy (non-hydrogen) atoms. The minimum Gasteiger partial charge on any atom is -0.409 e. The molecule has 4 nitrogen and oxygen atoms in total. The number of oxime groups is 1. The van der Waals surface area contributed by atoms with Crippen molar-refractivity contribution in [2.45, 2.75) is 31.7 Å². The number of hydrogen-bond donors (Lipinski definition) is 2. The van der Waals surface area contributed by atoms with E-state index in [1.54, 1.807) is 0 Å². The van der Waals surface area contributed by atoms with Crippen LogP contribution in [-0.2, 0) is 0 Å². The number of hydrogen-bond acceptors (Lipinski definition) is 3. The zero-order valence-corrected chi connectivity index (χ0v) is 12.3. The molecule has 1 aromatic carbocycles. The maximum Gasteiger partial charge on any atom is 0.173 e. The summed E-state index contributed by atoms with van der Waals surface area (Å²) < 4.78 is 0.877. The van der Waals surface area contributed by atoms with Gasteiger partial charge in [0.05, 0.1) is 5.56 Å². The van der Waals surface area contributed by atoms with Gasteiger partial charge in [-0.1, -0.05) is 11.2 Å². The van der Waals surface area contributed by atoms with Gasteiger partial charge in [0.15, 0.2) is 5.84 Å². The van der Waals surface area contributed by atoms with Crippen molar-refractivity contribution in [3.05, 3.63) is 28.2 Å². The number of anilines is 1. The van der Waals surface area contributed by atoms with Crippen LogP contribution in [0.1, 0.15) is 31.2 Å². The van der Waals surface area contributed by atoms with E-state index < -0.39 is 0 Å². The largest absolute Gasteiger partial charge is 0.409 e. The maximum absolute atomic E-state index is 8.99. The molecule has 102 valence electrons. The fraction of sp³-hybridized carbons (Fsp3) is 0.500. The zero-order chi connectivity index (χ0) is 13.4. The van der Waals surface area contributed by atoms with Crippen molar-refractivity contribution >= 4 is 27.5 Å². The first-order chi connectivity index (χ1) is 9.20. The lowest BCUT2D eigenvalue weighted by Crippen LogP contribution is -2.31. The van der Waals surface area contributed by atoms with Gasteiger partial charge in [-0.15, -0.1) is 0 Å². The molecule has 2 aliphatic carbocycles. The summed E-state index contributed by atoms with van der Waals surface area (Å²) in [6.07, 6.45) is 5.15. The number of halogens is 1. The van der Waals surface area contributed by atoms with Gasteiger partial charge in [0.1, 0.15) is 0 Å². The van der Waals surface area contributed by atoms with Crippen LogP contribution < -0.4 is 10.6 Å². The van der Waals surface area contributed by atoms with E-state index in [2.05, 4.69) is 32.1 Å². The molecule has 0 unspecified atom stereocenters. The van der Waals surface area contributed by atoms with Gasteiger partial charge in [0, 0.05) is 22.7 Å². The van der Waals surface area contributed by atoms with E-state index in [-0.39, 0.29) is 5.84 Å². The minimum absolute atomic E-state index is 0.170.